The molecule has 0 fully saturated rings. The topological polar surface area (TPSA) is 33.7 Å². The molecule has 4 heteroatoms. The van der Waals surface area contributed by atoms with Crippen molar-refractivity contribution in [2.45, 2.75) is 66.0 Å². The zero-order valence-corrected chi connectivity index (χ0v) is 15.2. The molecule has 0 aromatic rings. The minimum absolute atomic E-state index is 0.215. The Hall–Kier alpha value is -0.160. The Labute approximate surface area is 132 Å². The average Bonchev–Trinajstić information content (AvgIpc) is 2.41. The smallest absolute Gasteiger partial charge is 0.0593 e. The molecular weight excluding hydrogens is 264 g/mol. The van der Waals surface area contributed by atoms with Crippen molar-refractivity contribution in [1.29, 1.82) is 0 Å². The lowest BCUT2D eigenvalue weighted by atomic mass is 10.1. The summed E-state index contributed by atoms with van der Waals surface area (Å²) in [5.41, 5.74) is 0.215. The van der Waals surface area contributed by atoms with Gasteiger partial charge in [0.1, 0.15) is 0 Å². The SMILES string of the molecule is CCOCCN(CCOCC)C(C)CCCNC(C)(C)C. The summed E-state index contributed by atoms with van der Waals surface area (Å²) in [5, 5.41) is 3.55. The molecule has 0 spiro atoms. The highest BCUT2D eigenvalue weighted by molar-refractivity contribution is 4.72. The highest BCUT2D eigenvalue weighted by Crippen LogP contribution is 2.07. The first-order valence-electron chi connectivity index (χ1n) is 8.55. The number of nitrogens with zero attached hydrogens (tertiary/aromatic N) is 1. The van der Waals surface area contributed by atoms with Gasteiger partial charge in [0.05, 0.1) is 13.2 Å². The molecule has 4 nitrogen and oxygen atoms in total. The van der Waals surface area contributed by atoms with E-state index in [2.05, 4.69) is 37.9 Å². The van der Waals surface area contributed by atoms with Crippen LogP contribution in [0.1, 0.15) is 54.4 Å². The van der Waals surface area contributed by atoms with Gasteiger partial charge in [0.2, 0.25) is 0 Å². The maximum atomic E-state index is 5.50. The van der Waals surface area contributed by atoms with Gasteiger partial charge in [-0.25, -0.2) is 0 Å². The fourth-order valence-electron chi connectivity index (χ4n) is 2.25. The second-order valence-corrected chi connectivity index (χ2v) is 6.60. The summed E-state index contributed by atoms with van der Waals surface area (Å²) >= 11 is 0. The average molecular weight is 303 g/mol. The molecule has 0 saturated heterocycles. The fraction of sp³-hybridized carbons (Fsp3) is 1.00. The molecule has 0 bridgehead atoms. The summed E-state index contributed by atoms with van der Waals surface area (Å²) in [6, 6.07) is 0.577. The molecule has 0 saturated carbocycles. The molecule has 0 aromatic carbocycles. The van der Waals surface area contributed by atoms with Crippen molar-refractivity contribution in [3.8, 4) is 0 Å². The Kier molecular flexibility index (Phi) is 12.3. The van der Waals surface area contributed by atoms with E-state index >= 15 is 0 Å². The van der Waals surface area contributed by atoms with Crippen LogP contribution in [0.15, 0.2) is 0 Å². The monoisotopic (exact) mass is 302 g/mol. The third-order valence-corrected chi connectivity index (χ3v) is 3.53. The fourth-order valence-corrected chi connectivity index (χ4v) is 2.25. The summed E-state index contributed by atoms with van der Waals surface area (Å²) in [5.74, 6) is 0. The molecule has 0 rings (SSSR count). The molecule has 0 heterocycles. The Morgan fingerprint density at radius 3 is 1.95 bits per heavy atom. The summed E-state index contributed by atoms with van der Waals surface area (Å²) in [6.45, 7) is 19.3. The van der Waals surface area contributed by atoms with E-state index in [4.69, 9.17) is 9.47 Å². The van der Waals surface area contributed by atoms with Crippen LogP contribution >= 0.6 is 0 Å². The number of rotatable bonds is 13. The molecule has 128 valence electrons. The van der Waals surface area contributed by atoms with Gasteiger partial charge in [0, 0.05) is 37.9 Å². The number of hydrogen-bond acceptors (Lipinski definition) is 4. The minimum atomic E-state index is 0.215. The predicted molar refractivity (Wildman–Crippen MR) is 91.0 cm³/mol. The largest absolute Gasteiger partial charge is 0.380 e. The van der Waals surface area contributed by atoms with E-state index in [0.717, 1.165) is 46.1 Å². The van der Waals surface area contributed by atoms with E-state index in [1.807, 2.05) is 13.8 Å². The van der Waals surface area contributed by atoms with E-state index in [1.165, 1.54) is 12.8 Å². The minimum Gasteiger partial charge on any atom is -0.380 e. The van der Waals surface area contributed by atoms with E-state index in [1.54, 1.807) is 0 Å². The normalized spacial score (nSPS) is 13.9. The molecule has 0 aliphatic carbocycles. The maximum absolute atomic E-state index is 5.50. The van der Waals surface area contributed by atoms with Crippen molar-refractivity contribution in [2.24, 2.45) is 0 Å². The lowest BCUT2D eigenvalue weighted by Crippen LogP contribution is -2.40. The molecule has 0 aliphatic rings. The van der Waals surface area contributed by atoms with Crippen LogP contribution in [0.2, 0.25) is 0 Å². The molecule has 21 heavy (non-hydrogen) atoms. The predicted octanol–water partition coefficient (Wildman–Crippen LogP) is 2.92. The Balaban J connectivity index is 4.00. The van der Waals surface area contributed by atoms with Gasteiger partial charge < -0.3 is 14.8 Å². The lowest BCUT2D eigenvalue weighted by molar-refractivity contribution is 0.0639. The third-order valence-electron chi connectivity index (χ3n) is 3.53. The third kappa shape index (κ3) is 13.2. The summed E-state index contributed by atoms with van der Waals surface area (Å²) in [4.78, 5) is 2.49. The van der Waals surface area contributed by atoms with Gasteiger partial charge in [-0.15, -0.1) is 0 Å². The number of nitrogens with one attached hydrogen (secondary N) is 1. The Morgan fingerprint density at radius 2 is 1.52 bits per heavy atom. The van der Waals surface area contributed by atoms with E-state index in [0.29, 0.717) is 6.04 Å². The number of ether oxygens (including phenoxy) is 2. The first-order chi connectivity index (χ1) is 9.90. The van der Waals surface area contributed by atoms with Gasteiger partial charge in [0.15, 0.2) is 0 Å². The molecule has 0 aliphatic heterocycles. The van der Waals surface area contributed by atoms with Crippen LogP contribution < -0.4 is 5.32 Å². The summed E-state index contributed by atoms with van der Waals surface area (Å²) in [6.07, 6.45) is 2.42. The Bertz CT molecular complexity index is 219. The second-order valence-electron chi connectivity index (χ2n) is 6.60. The zero-order valence-electron chi connectivity index (χ0n) is 15.2. The van der Waals surface area contributed by atoms with Crippen molar-refractivity contribution in [3.63, 3.8) is 0 Å². The molecule has 1 atom stereocenters. The second kappa shape index (κ2) is 12.4. The Morgan fingerprint density at radius 1 is 1.00 bits per heavy atom. The van der Waals surface area contributed by atoms with Crippen LogP contribution in [-0.4, -0.2) is 62.5 Å². The molecule has 1 unspecified atom stereocenters. The van der Waals surface area contributed by atoms with Crippen LogP contribution in [-0.2, 0) is 9.47 Å². The number of hydrogen-bond donors (Lipinski definition) is 1. The van der Waals surface area contributed by atoms with Crippen molar-refractivity contribution in [3.05, 3.63) is 0 Å². The molecule has 0 amide bonds. The molecule has 1 N–H and O–H groups in total. The lowest BCUT2D eigenvalue weighted by Gasteiger charge is -2.29. The van der Waals surface area contributed by atoms with Crippen LogP contribution in [0.3, 0.4) is 0 Å². The van der Waals surface area contributed by atoms with Crippen molar-refractivity contribution >= 4 is 0 Å². The van der Waals surface area contributed by atoms with Crippen LogP contribution in [0.25, 0.3) is 0 Å². The van der Waals surface area contributed by atoms with Crippen LogP contribution in [0.4, 0.5) is 0 Å². The van der Waals surface area contributed by atoms with Gasteiger partial charge in [0.25, 0.3) is 0 Å². The molecular formula is C17H38N2O2. The van der Waals surface area contributed by atoms with Crippen LogP contribution in [0.5, 0.6) is 0 Å². The van der Waals surface area contributed by atoms with E-state index < -0.39 is 0 Å². The summed E-state index contributed by atoms with van der Waals surface area (Å²) < 4.78 is 11.0. The standard InChI is InChI=1S/C17H38N2O2/c1-7-20-14-12-19(13-15-21-8-2)16(3)10-9-11-18-17(4,5)6/h16,18H,7-15H2,1-6H3. The van der Waals surface area contributed by atoms with Gasteiger partial charge in [-0.3, -0.25) is 4.90 Å². The van der Waals surface area contributed by atoms with Gasteiger partial charge in [-0.05, 0) is 60.9 Å². The molecule has 0 aromatic heterocycles. The van der Waals surface area contributed by atoms with E-state index in [9.17, 15) is 0 Å². The van der Waals surface area contributed by atoms with Crippen molar-refractivity contribution in [1.82, 2.24) is 10.2 Å². The van der Waals surface area contributed by atoms with Crippen LogP contribution in [0, 0.1) is 0 Å². The van der Waals surface area contributed by atoms with Crippen molar-refractivity contribution in [2.75, 3.05) is 46.1 Å². The van der Waals surface area contributed by atoms with Gasteiger partial charge >= 0.3 is 0 Å². The van der Waals surface area contributed by atoms with E-state index in [-0.39, 0.29) is 5.54 Å². The quantitative estimate of drug-likeness (QED) is 0.530. The summed E-state index contributed by atoms with van der Waals surface area (Å²) in [7, 11) is 0. The highest BCUT2D eigenvalue weighted by Gasteiger charge is 2.14. The zero-order chi connectivity index (χ0) is 16.1. The van der Waals surface area contributed by atoms with Crippen molar-refractivity contribution < 1.29 is 9.47 Å². The van der Waals surface area contributed by atoms with Gasteiger partial charge in [-0.2, -0.15) is 0 Å². The first-order valence-corrected chi connectivity index (χ1v) is 8.55. The maximum Gasteiger partial charge on any atom is 0.0593 e. The highest BCUT2D eigenvalue weighted by atomic mass is 16.5. The molecule has 0 radical (unpaired) electrons. The van der Waals surface area contributed by atoms with Gasteiger partial charge in [-0.1, -0.05) is 0 Å². The first kappa shape index (κ1) is 20.8.